The van der Waals surface area contributed by atoms with Gasteiger partial charge in [0.25, 0.3) is 0 Å². The molecule has 0 amide bonds. The van der Waals surface area contributed by atoms with E-state index in [-0.39, 0.29) is 6.79 Å². The summed E-state index contributed by atoms with van der Waals surface area (Å²) in [5, 5.41) is 10.1. The molecule has 0 aromatic heterocycles. The van der Waals surface area contributed by atoms with Crippen LogP contribution in [0, 0.1) is 0 Å². The van der Waals surface area contributed by atoms with E-state index < -0.39 is 5.60 Å². The number of fused-ring (bicyclic) bond motifs is 1. The summed E-state index contributed by atoms with van der Waals surface area (Å²) in [7, 11) is 0. The van der Waals surface area contributed by atoms with E-state index in [9.17, 15) is 5.11 Å². The van der Waals surface area contributed by atoms with E-state index in [0.29, 0.717) is 12.2 Å². The molecule has 1 unspecified atom stereocenters. The van der Waals surface area contributed by atoms with Gasteiger partial charge in [0.15, 0.2) is 11.5 Å². The summed E-state index contributed by atoms with van der Waals surface area (Å²) in [6, 6.07) is 5.47. The molecular weight excluding hydrogens is 192 g/mol. The van der Waals surface area contributed by atoms with Crippen molar-refractivity contribution >= 4 is 0 Å². The lowest BCUT2D eigenvalue weighted by atomic mass is 9.92. The molecule has 1 aliphatic heterocycles. The third-order valence-electron chi connectivity index (χ3n) is 2.54. The van der Waals surface area contributed by atoms with E-state index in [2.05, 4.69) is 6.58 Å². The zero-order valence-electron chi connectivity index (χ0n) is 8.69. The molecule has 3 nitrogen and oxygen atoms in total. The van der Waals surface area contributed by atoms with Gasteiger partial charge in [-0.05, 0) is 31.0 Å². The van der Waals surface area contributed by atoms with Crippen molar-refractivity contribution in [3.8, 4) is 11.5 Å². The van der Waals surface area contributed by atoms with Gasteiger partial charge in [-0.15, -0.1) is 6.58 Å². The van der Waals surface area contributed by atoms with E-state index in [1.54, 1.807) is 13.0 Å². The molecule has 0 bridgehead atoms. The summed E-state index contributed by atoms with van der Waals surface area (Å²) in [6.07, 6.45) is 2.21. The van der Waals surface area contributed by atoms with Crippen molar-refractivity contribution in [2.45, 2.75) is 18.9 Å². The van der Waals surface area contributed by atoms with Gasteiger partial charge in [-0.3, -0.25) is 0 Å². The Hall–Kier alpha value is -1.48. The Kier molecular flexibility index (Phi) is 2.40. The van der Waals surface area contributed by atoms with Gasteiger partial charge < -0.3 is 14.6 Å². The largest absolute Gasteiger partial charge is 0.454 e. The van der Waals surface area contributed by atoms with E-state index in [1.807, 2.05) is 18.2 Å². The van der Waals surface area contributed by atoms with Crippen molar-refractivity contribution in [1.82, 2.24) is 0 Å². The third kappa shape index (κ3) is 1.83. The molecule has 0 spiro atoms. The van der Waals surface area contributed by atoms with Crippen molar-refractivity contribution < 1.29 is 14.6 Å². The molecule has 1 N–H and O–H groups in total. The number of rotatable bonds is 3. The van der Waals surface area contributed by atoms with Gasteiger partial charge >= 0.3 is 0 Å². The summed E-state index contributed by atoms with van der Waals surface area (Å²) in [6.45, 7) is 5.64. The van der Waals surface area contributed by atoms with Crippen molar-refractivity contribution in [2.75, 3.05) is 6.79 Å². The zero-order valence-corrected chi connectivity index (χ0v) is 8.69. The van der Waals surface area contributed by atoms with Crippen LogP contribution in [0.1, 0.15) is 18.9 Å². The summed E-state index contributed by atoms with van der Waals surface area (Å²) < 4.78 is 10.5. The quantitative estimate of drug-likeness (QED) is 0.770. The number of hydrogen-bond acceptors (Lipinski definition) is 3. The van der Waals surface area contributed by atoms with E-state index in [0.717, 1.165) is 11.3 Å². The molecule has 0 saturated heterocycles. The molecule has 1 aromatic rings. The van der Waals surface area contributed by atoms with Crippen molar-refractivity contribution in [1.29, 1.82) is 0 Å². The lowest BCUT2D eigenvalue weighted by Crippen LogP contribution is -2.19. The van der Waals surface area contributed by atoms with Crippen LogP contribution in [0.3, 0.4) is 0 Å². The normalized spacial score (nSPS) is 17.2. The van der Waals surface area contributed by atoms with Gasteiger partial charge in [0.2, 0.25) is 6.79 Å². The van der Waals surface area contributed by atoms with Crippen LogP contribution in [0.15, 0.2) is 30.9 Å². The average molecular weight is 206 g/mol. The van der Waals surface area contributed by atoms with Crippen molar-refractivity contribution in [3.05, 3.63) is 36.4 Å². The maximum Gasteiger partial charge on any atom is 0.231 e. The fourth-order valence-electron chi connectivity index (χ4n) is 1.63. The molecule has 1 heterocycles. The molecule has 2 rings (SSSR count). The Balaban J connectivity index is 2.33. The standard InChI is InChI=1S/C12H14O3/c1-3-6-12(2,13)9-4-5-10-11(7-9)15-8-14-10/h3-5,7,13H,1,6,8H2,2H3. The van der Waals surface area contributed by atoms with Crippen LogP contribution >= 0.6 is 0 Å². The predicted molar refractivity (Wildman–Crippen MR) is 56.9 cm³/mol. The molecule has 80 valence electrons. The van der Waals surface area contributed by atoms with Gasteiger partial charge in [-0.1, -0.05) is 12.1 Å². The highest BCUT2D eigenvalue weighted by Gasteiger charge is 2.24. The molecule has 1 aliphatic rings. The second kappa shape index (κ2) is 3.59. The van der Waals surface area contributed by atoms with Gasteiger partial charge in [0.05, 0.1) is 5.60 Å². The van der Waals surface area contributed by atoms with Crippen LogP contribution in [-0.2, 0) is 5.60 Å². The van der Waals surface area contributed by atoms with Gasteiger partial charge in [-0.25, -0.2) is 0 Å². The topological polar surface area (TPSA) is 38.7 Å². The van der Waals surface area contributed by atoms with Crippen LogP contribution < -0.4 is 9.47 Å². The van der Waals surface area contributed by atoms with E-state index >= 15 is 0 Å². The molecule has 0 saturated carbocycles. The van der Waals surface area contributed by atoms with Crippen LogP contribution in [0.4, 0.5) is 0 Å². The second-order valence-electron chi connectivity index (χ2n) is 3.83. The van der Waals surface area contributed by atoms with Gasteiger partial charge in [-0.2, -0.15) is 0 Å². The number of benzene rings is 1. The molecule has 0 aliphatic carbocycles. The first kappa shape index (κ1) is 10.1. The molecule has 3 heteroatoms. The fraction of sp³-hybridized carbons (Fsp3) is 0.333. The molecule has 0 fully saturated rings. The second-order valence-corrected chi connectivity index (χ2v) is 3.83. The summed E-state index contributed by atoms with van der Waals surface area (Å²) in [4.78, 5) is 0. The van der Waals surface area contributed by atoms with E-state index in [4.69, 9.17) is 9.47 Å². The summed E-state index contributed by atoms with van der Waals surface area (Å²) >= 11 is 0. The smallest absolute Gasteiger partial charge is 0.231 e. The van der Waals surface area contributed by atoms with Crippen molar-refractivity contribution in [3.63, 3.8) is 0 Å². The van der Waals surface area contributed by atoms with Crippen LogP contribution in [0.25, 0.3) is 0 Å². The number of aliphatic hydroxyl groups is 1. The first-order chi connectivity index (χ1) is 7.13. The van der Waals surface area contributed by atoms with Gasteiger partial charge in [0.1, 0.15) is 0 Å². The molecular formula is C12H14O3. The summed E-state index contributed by atoms with van der Waals surface area (Å²) in [5.41, 5.74) is -0.0884. The van der Waals surface area contributed by atoms with Crippen LogP contribution in [-0.4, -0.2) is 11.9 Å². The Morgan fingerprint density at radius 2 is 2.20 bits per heavy atom. The Morgan fingerprint density at radius 1 is 1.47 bits per heavy atom. The molecule has 1 aromatic carbocycles. The average Bonchev–Trinajstić information content (AvgIpc) is 2.63. The fourth-order valence-corrected chi connectivity index (χ4v) is 1.63. The SMILES string of the molecule is C=CCC(C)(O)c1ccc2c(c1)OCO2. The van der Waals surface area contributed by atoms with Gasteiger partial charge in [0, 0.05) is 0 Å². The minimum Gasteiger partial charge on any atom is -0.454 e. The third-order valence-corrected chi connectivity index (χ3v) is 2.54. The Labute approximate surface area is 88.9 Å². The minimum atomic E-state index is -0.900. The summed E-state index contributed by atoms with van der Waals surface area (Å²) in [5.74, 6) is 1.42. The first-order valence-electron chi connectivity index (χ1n) is 4.87. The highest BCUT2D eigenvalue weighted by Crippen LogP contribution is 2.36. The maximum atomic E-state index is 10.1. The van der Waals surface area contributed by atoms with Crippen LogP contribution in [0.2, 0.25) is 0 Å². The Bertz CT molecular complexity index is 382. The highest BCUT2D eigenvalue weighted by atomic mass is 16.7. The minimum absolute atomic E-state index is 0.252. The van der Waals surface area contributed by atoms with E-state index in [1.165, 1.54) is 0 Å². The first-order valence-corrected chi connectivity index (χ1v) is 4.87. The lowest BCUT2D eigenvalue weighted by molar-refractivity contribution is 0.0604. The molecule has 0 radical (unpaired) electrons. The number of hydrogen-bond donors (Lipinski definition) is 1. The zero-order chi connectivity index (χ0) is 10.9. The lowest BCUT2D eigenvalue weighted by Gasteiger charge is -2.22. The maximum absolute atomic E-state index is 10.1. The highest BCUT2D eigenvalue weighted by molar-refractivity contribution is 5.45. The molecule has 15 heavy (non-hydrogen) atoms. The predicted octanol–water partition coefficient (Wildman–Crippen LogP) is 2.20. The molecule has 1 atom stereocenters. The monoisotopic (exact) mass is 206 g/mol. The Morgan fingerprint density at radius 3 is 2.93 bits per heavy atom. The number of ether oxygens (including phenoxy) is 2. The van der Waals surface area contributed by atoms with Crippen LogP contribution in [0.5, 0.6) is 11.5 Å². The van der Waals surface area contributed by atoms with Crippen molar-refractivity contribution in [2.24, 2.45) is 0 Å².